The molecule has 0 fully saturated rings. The van der Waals surface area contributed by atoms with Crippen LogP contribution in [0.2, 0.25) is 0 Å². The van der Waals surface area contributed by atoms with Gasteiger partial charge >= 0.3 is 11.9 Å². The Balaban J connectivity index is 2.24. The van der Waals surface area contributed by atoms with Crippen molar-refractivity contribution in [3.8, 4) is 0 Å². The molecule has 0 aliphatic heterocycles. The van der Waals surface area contributed by atoms with Crippen LogP contribution in [0.5, 0.6) is 0 Å². The lowest BCUT2D eigenvalue weighted by atomic mass is 10.1. The number of carbonyl (C=O) groups is 2. The predicted octanol–water partition coefficient (Wildman–Crippen LogP) is 8.28. The summed E-state index contributed by atoms with van der Waals surface area (Å²) in [6.45, 7) is 5.25. The number of hydrogen-bond donors (Lipinski definition) is 0. The van der Waals surface area contributed by atoms with Crippen molar-refractivity contribution in [1.82, 2.24) is 0 Å². The number of benzene rings is 1. The zero-order valence-electron chi connectivity index (χ0n) is 20.7. The molecule has 0 saturated heterocycles. The molecule has 0 aliphatic carbocycles. The van der Waals surface area contributed by atoms with Crippen molar-refractivity contribution in [2.75, 3.05) is 13.2 Å². The molecule has 0 aliphatic rings. The smallest absolute Gasteiger partial charge is 0.339 e. The highest BCUT2D eigenvalue weighted by atomic mass is 16.5. The second kappa shape index (κ2) is 19.8. The average molecular weight is 447 g/mol. The van der Waals surface area contributed by atoms with Crippen LogP contribution in [0.1, 0.15) is 137 Å². The third-order valence-corrected chi connectivity index (χ3v) is 5.83. The third kappa shape index (κ3) is 13.5. The second-order valence-electron chi connectivity index (χ2n) is 8.77. The lowest BCUT2D eigenvalue weighted by molar-refractivity contribution is 0.0450. The largest absolute Gasteiger partial charge is 0.462 e. The van der Waals surface area contributed by atoms with Crippen molar-refractivity contribution in [2.45, 2.75) is 117 Å². The Morgan fingerprint density at radius 1 is 0.531 bits per heavy atom. The monoisotopic (exact) mass is 446 g/mol. The summed E-state index contributed by atoms with van der Waals surface area (Å²) in [5, 5.41) is 0. The van der Waals surface area contributed by atoms with Crippen molar-refractivity contribution in [3.63, 3.8) is 0 Å². The summed E-state index contributed by atoms with van der Waals surface area (Å²) in [5.41, 5.74) is 0.598. The van der Waals surface area contributed by atoms with E-state index in [9.17, 15) is 9.59 Å². The van der Waals surface area contributed by atoms with Crippen molar-refractivity contribution in [3.05, 3.63) is 35.4 Å². The van der Waals surface area contributed by atoms with Crippen molar-refractivity contribution < 1.29 is 19.1 Å². The molecule has 0 atom stereocenters. The topological polar surface area (TPSA) is 52.6 Å². The highest BCUT2D eigenvalue weighted by Crippen LogP contribution is 2.14. The van der Waals surface area contributed by atoms with Crippen LogP contribution in [0.15, 0.2) is 24.3 Å². The van der Waals surface area contributed by atoms with E-state index in [1.54, 1.807) is 24.3 Å². The van der Waals surface area contributed by atoms with E-state index in [4.69, 9.17) is 9.47 Å². The molecule has 4 heteroatoms. The van der Waals surface area contributed by atoms with Crippen LogP contribution < -0.4 is 0 Å². The quantitative estimate of drug-likeness (QED) is 0.149. The number of ether oxygens (including phenoxy) is 2. The van der Waals surface area contributed by atoms with E-state index in [0.717, 1.165) is 25.7 Å². The molecule has 0 bridgehead atoms. The molecule has 1 aromatic carbocycles. The minimum Gasteiger partial charge on any atom is -0.462 e. The van der Waals surface area contributed by atoms with Crippen LogP contribution >= 0.6 is 0 Å². The van der Waals surface area contributed by atoms with Gasteiger partial charge < -0.3 is 9.47 Å². The molecule has 0 heterocycles. The summed E-state index contributed by atoms with van der Waals surface area (Å²) >= 11 is 0. The summed E-state index contributed by atoms with van der Waals surface area (Å²) in [6, 6.07) is 6.79. The third-order valence-electron chi connectivity index (χ3n) is 5.83. The zero-order valence-corrected chi connectivity index (χ0v) is 20.7. The Labute approximate surface area is 196 Å². The number of unbranched alkanes of at least 4 members (excludes halogenated alkanes) is 14. The molecule has 0 radical (unpaired) electrons. The predicted molar refractivity (Wildman–Crippen MR) is 132 cm³/mol. The van der Waals surface area contributed by atoms with Gasteiger partial charge in [-0.05, 0) is 25.0 Å². The molecular weight excluding hydrogens is 400 g/mol. The van der Waals surface area contributed by atoms with Crippen LogP contribution in [0.25, 0.3) is 0 Å². The number of esters is 2. The zero-order chi connectivity index (χ0) is 23.3. The van der Waals surface area contributed by atoms with E-state index in [0.29, 0.717) is 24.3 Å². The Kier molecular flexibility index (Phi) is 17.5. The normalized spacial score (nSPS) is 10.8. The Bertz CT molecular complexity index is 558. The lowest BCUT2D eigenvalue weighted by Gasteiger charge is -2.10. The first-order chi connectivity index (χ1) is 15.7. The van der Waals surface area contributed by atoms with Gasteiger partial charge in [0.2, 0.25) is 0 Å². The molecule has 0 spiro atoms. The molecule has 0 unspecified atom stereocenters. The lowest BCUT2D eigenvalue weighted by Crippen LogP contribution is -2.15. The van der Waals surface area contributed by atoms with Crippen LogP contribution in [-0.4, -0.2) is 25.2 Å². The summed E-state index contributed by atoms with van der Waals surface area (Å²) < 4.78 is 10.8. The highest BCUT2D eigenvalue weighted by molar-refractivity contribution is 6.03. The molecule has 0 N–H and O–H groups in total. The van der Waals surface area contributed by atoms with Crippen LogP contribution in [0.4, 0.5) is 0 Å². The van der Waals surface area contributed by atoms with Gasteiger partial charge in [0.05, 0.1) is 24.3 Å². The van der Waals surface area contributed by atoms with Crippen molar-refractivity contribution in [2.24, 2.45) is 0 Å². The molecule has 0 saturated carbocycles. The maximum absolute atomic E-state index is 12.5. The van der Waals surface area contributed by atoms with E-state index in [1.165, 1.54) is 77.0 Å². The summed E-state index contributed by atoms with van der Waals surface area (Å²) in [4.78, 5) is 24.9. The van der Waals surface area contributed by atoms with Gasteiger partial charge in [0.15, 0.2) is 0 Å². The minimum absolute atomic E-state index is 0.299. The van der Waals surface area contributed by atoms with Gasteiger partial charge in [-0.15, -0.1) is 0 Å². The van der Waals surface area contributed by atoms with Gasteiger partial charge in [-0.3, -0.25) is 0 Å². The first kappa shape index (κ1) is 28.2. The van der Waals surface area contributed by atoms with Gasteiger partial charge in [-0.2, -0.15) is 0 Å². The molecule has 182 valence electrons. The van der Waals surface area contributed by atoms with Gasteiger partial charge in [0, 0.05) is 0 Å². The molecule has 0 aromatic heterocycles. The first-order valence-electron chi connectivity index (χ1n) is 13.1. The van der Waals surface area contributed by atoms with Gasteiger partial charge in [0.1, 0.15) is 0 Å². The average Bonchev–Trinajstić information content (AvgIpc) is 2.81. The van der Waals surface area contributed by atoms with E-state index < -0.39 is 11.9 Å². The fourth-order valence-corrected chi connectivity index (χ4v) is 3.80. The van der Waals surface area contributed by atoms with Gasteiger partial charge in [-0.25, -0.2) is 9.59 Å². The van der Waals surface area contributed by atoms with Crippen molar-refractivity contribution in [1.29, 1.82) is 0 Å². The first-order valence-corrected chi connectivity index (χ1v) is 13.1. The number of hydrogen-bond acceptors (Lipinski definition) is 4. The van der Waals surface area contributed by atoms with E-state index in [2.05, 4.69) is 13.8 Å². The molecule has 1 aromatic rings. The van der Waals surface area contributed by atoms with Crippen LogP contribution in [-0.2, 0) is 9.47 Å². The van der Waals surface area contributed by atoms with Crippen molar-refractivity contribution >= 4 is 11.9 Å². The van der Waals surface area contributed by atoms with Crippen LogP contribution in [0.3, 0.4) is 0 Å². The summed E-state index contributed by atoms with van der Waals surface area (Å²) in [6.07, 6.45) is 19.1. The van der Waals surface area contributed by atoms with E-state index in [-0.39, 0.29) is 0 Å². The molecular formula is C28H46O4. The van der Waals surface area contributed by atoms with Gasteiger partial charge in [-0.1, -0.05) is 116 Å². The fraction of sp³-hybridized carbons (Fsp3) is 0.714. The molecule has 1 rings (SSSR count). The van der Waals surface area contributed by atoms with Gasteiger partial charge in [0.25, 0.3) is 0 Å². The Morgan fingerprint density at radius 3 is 1.19 bits per heavy atom. The SMILES string of the molecule is CCCCCCCCCCOC(=O)c1ccccc1C(=O)OCCCCCCCCCC. The summed E-state index contributed by atoms with van der Waals surface area (Å²) in [7, 11) is 0. The maximum atomic E-state index is 12.5. The molecule has 32 heavy (non-hydrogen) atoms. The van der Waals surface area contributed by atoms with Crippen LogP contribution in [0, 0.1) is 0 Å². The Hall–Kier alpha value is -1.84. The number of carbonyl (C=O) groups excluding carboxylic acids is 2. The fourth-order valence-electron chi connectivity index (χ4n) is 3.80. The maximum Gasteiger partial charge on any atom is 0.339 e. The van der Waals surface area contributed by atoms with E-state index in [1.807, 2.05) is 0 Å². The number of rotatable bonds is 20. The molecule has 4 nitrogen and oxygen atoms in total. The standard InChI is InChI=1S/C28H46O4/c1-3-5-7-9-11-13-15-19-23-31-27(29)25-21-17-18-22-26(25)28(30)32-24-20-16-14-12-10-8-6-4-2/h17-18,21-22H,3-16,19-20,23-24H2,1-2H3. The minimum atomic E-state index is -0.437. The highest BCUT2D eigenvalue weighted by Gasteiger charge is 2.18. The molecule has 0 amide bonds. The van der Waals surface area contributed by atoms with E-state index >= 15 is 0 Å². The second-order valence-corrected chi connectivity index (χ2v) is 8.77. The Morgan fingerprint density at radius 2 is 0.844 bits per heavy atom. The summed E-state index contributed by atoms with van der Waals surface area (Å²) in [5.74, 6) is -0.875.